The number of ether oxygens (including phenoxy) is 1. The molecule has 1 aromatic heterocycles. The van der Waals surface area contributed by atoms with E-state index in [1.165, 1.54) is 18.3 Å². The van der Waals surface area contributed by atoms with Crippen molar-refractivity contribution in [1.29, 1.82) is 0 Å². The zero-order valence-corrected chi connectivity index (χ0v) is 12.8. The number of pyridine rings is 1. The molecule has 120 valence electrons. The molecule has 0 spiro atoms. The molecule has 23 heavy (non-hydrogen) atoms. The monoisotopic (exact) mass is 312 g/mol. The molecule has 1 fully saturated rings. The Balaban J connectivity index is 1.64. The summed E-state index contributed by atoms with van der Waals surface area (Å²) in [5.41, 5.74) is 1.39. The minimum absolute atomic E-state index is 0.0147. The second kappa shape index (κ2) is 7.24. The molecule has 1 amide bonds. The lowest BCUT2D eigenvalue weighted by atomic mass is 9.89. The highest BCUT2D eigenvalue weighted by molar-refractivity contribution is 5.93. The minimum atomic E-state index is -0.216. The first-order valence-electron chi connectivity index (χ1n) is 7.87. The molecular formula is C18H20N2O3. The van der Waals surface area contributed by atoms with Crippen molar-refractivity contribution in [1.82, 2.24) is 10.3 Å². The number of amides is 1. The van der Waals surface area contributed by atoms with E-state index in [2.05, 4.69) is 22.4 Å². The van der Waals surface area contributed by atoms with Crippen molar-refractivity contribution < 1.29 is 9.53 Å². The van der Waals surface area contributed by atoms with E-state index in [4.69, 9.17) is 4.74 Å². The SMILES string of the molecule is O=C(NC[C@H]1CCCO[C@H]1c1ccccc1)c1ccc(=O)[nH]c1. The van der Waals surface area contributed by atoms with Crippen molar-refractivity contribution in [2.45, 2.75) is 18.9 Å². The third-order valence-corrected chi connectivity index (χ3v) is 4.14. The van der Waals surface area contributed by atoms with Crippen LogP contribution in [-0.4, -0.2) is 24.0 Å². The second-order valence-corrected chi connectivity index (χ2v) is 5.76. The first kappa shape index (κ1) is 15.5. The van der Waals surface area contributed by atoms with Crippen LogP contribution in [0.5, 0.6) is 0 Å². The Morgan fingerprint density at radius 3 is 2.78 bits per heavy atom. The second-order valence-electron chi connectivity index (χ2n) is 5.76. The predicted octanol–water partition coefficient (Wildman–Crippen LogP) is 2.27. The van der Waals surface area contributed by atoms with Crippen LogP contribution in [0.3, 0.4) is 0 Å². The van der Waals surface area contributed by atoms with Gasteiger partial charge in [0.1, 0.15) is 0 Å². The highest BCUT2D eigenvalue weighted by Gasteiger charge is 2.27. The molecule has 0 saturated carbocycles. The van der Waals surface area contributed by atoms with E-state index in [1.807, 2.05) is 18.2 Å². The van der Waals surface area contributed by atoms with Gasteiger partial charge in [0.15, 0.2) is 0 Å². The fourth-order valence-electron chi connectivity index (χ4n) is 2.94. The summed E-state index contributed by atoms with van der Waals surface area (Å²) in [5.74, 6) is 0.0662. The summed E-state index contributed by atoms with van der Waals surface area (Å²) in [6.45, 7) is 1.31. The maximum Gasteiger partial charge on any atom is 0.252 e. The van der Waals surface area contributed by atoms with Gasteiger partial charge in [-0.25, -0.2) is 0 Å². The van der Waals surface area contributed by atoms with Gasteiger partial charge in [-0.15, -0.1) is 0 Å². The fourth-order valence-corrected chi connectivity index (χ4v) is 2.94. The van der Waals surface area contributed by atoms with E-state index in [-0.39, 0.29) is 23.5 Å². The van der Waals surface area contributed by atoms with E-state index in [0.717, 1.165) is 25.0 Å². The molecule has 2 N–H and O–H groups in total. The lowest BCUT2D eigenvalue weighted by Gasteiger charge is -2.32. The molecule has 1 aliphatic heterocycles. The van der Waals surface area contributed by atoms with Gasteiger partial charge in [0.2, 0.25) is 5.56 Å². The van der Waals surface area contributed by atoms with Gasteiger partial charge in [-0.2, -0.15) is 0 Å². The van der Waals surface area contributed by atoms with E-state index >= 15 is 0 Å². The molecule has 1 aliphatic rings. The highest BCUT2D eigenvalue weighted by Crippen LogP contribution is 2.33. The van der Waals surface area contributed by atoms with Crippen LogP contribution in [0.25, 0.3) is 0 Å². The third-order valence-electron chi connectivity index (χ3n) is 4.14. The summed E-state index contributed by atoms with van der Waals surface area (Å²) in [4.78, 5) is 25.7. The molecule has 5 heteroatoms. The summed E-state index contributed by atoms with van der Waals surface area (Å²) in [6.07, 6.45) is 3.47. The lowest BCUT2D eigenvalue weighted by Crippen LogP contribution is -2.35. The van der Waals surface area contributed by atoms with Gasteiger partial charge in [-0.1, -0.05) is 30.3 Å². The van der Waals surface area contributed by atoms with E-state index < -0.39 is 0 Å². The Kier molecular flexibility index (Phi) is 4.88. The highest BCUT2D eigenvalue weighted by atomic mass is 16.5. The van der Waals surface area contributed by atoms with Crippen molar-refractivity contribution in [3.63, 3.8) is 0 Å². The summed E-state index contributed by atoms with van der Waals surface area (Å²) < 4.78 is 5.93. The quantitative estimate of drug-likeness (QED) is 0.910. The van der Waals surface area contributed by atoms with Crippen LogP contribution in [0.2, 0.25) is 0 Å². The van der Waals surface area contributed by atoms with Crippen LogP contribution in [0.1, 0.15) is 34.9 Å². The number of nitrogens with one attached hydrogen (secondary N) is 2. The summed E-state index contributed by atoms with van der Waals surface area (Å²) in [6, 6.07) is 13.0. The average molecular weight is 312 g/mol. The molecule has 1 aromatic carbocycles. The maximum atomic E-state index is 12.2. The molecule has 0 unspecified atom stereocenters. The number of aromatic amines is 1. The van der Waals surface area contributed by atoms with Gasteiger partial charge in [0, 0.05) is 31.3 Å². The molecule has 2 heterocycles. The molecule has 0 bridgehead atoms. The molecule has 0 radical (unpaired) electrons. The average Bonchev–Trinajstić information content (AvgIpc) is 2.61. The number of carbonyl (C=O) groups is 1. The number of hydrogen-bond acceptors (Lipinski definition) is 3. The Bertz CT molecular complexity index is 691. The molecule has 5 nitrogen and oxygen atoms in total. The van der Waals surface area contributed by atoms with Crippen LogP contribution < -0.4 is 10.9 Å². The van der Waals surface area contributed by atoms with Crippen LogP contribution >= 0.6 is 0 Å². The maximum absolute atomic E-state index is 12.2. The molecule has 3 rings (SSSR count). The van der Waals surface area contributed by atoms with Gasteiger partial charge in [0.25, 0.3) is 5.91 Å². The van der Waals surface area contributed by atoms with Crippen molar-refractivity contribution in [3.05, 3.63) is 70.1 Å². The number of benzene rings is 1. The van der Waals surface area contributed by atoms with E-state index in [9.17, 15) is 9.59 Å². The first-order chi connectivity index (χ1) is 11.2. The van der Waals surface area contributed by atoms with Crippen LogP contribution in [0.4, 0.5) is 0 Å². The fraction of sp³-hybridized carbons (Fsp3) is 0.333. The Labute approximate surface area is 134 Å². The normalized spacial score (nSPS) is 20.9. The summed E-state index contributed by atoms with van der Waals surface area (Å²) in [5, 5.41) is 2.95. The largest absolute Gasteiger partial charge is 0.373 e. The standard InChI is InChI=1S/C18H20N2O3/c21-16-9-8-15(12-19-16)18(22)20-11-14-7-4-10-23-17(14)13-5-2-1-3-6-13/h1-3,5-6,8-9,12,14,17H,4,7,10-11H2,(H,19,21)(H,20,22)/t14-,17+/m1/s1. The van der Waals surface area contributed by atoms with Gasteiger partial charge in [0.05, 0.1) is 11.7 Å². The van der Waals surface area contributed by atoms with Gasteiger partial charge >= 0.3 is 0 Å². The van der Waals surface area contributed by atoms with Crippen LogP contribution in [0, 0.1) is 5.92 Å². The zero-order valence-electron chi connectivity index (χ0n) is 12.8. The number of hydrogen-bond donors (Lipinski definition) is 2. The summed E-state index contributed by atoms with van der Waals surface area (Å²) >= 11 is 0. The molecule has 2 aromatic rings. The minimum Gasteiger partial charge on any atom is -0.373 e. The smallest absolute Gasteiger partial charge is 0.252 e. The topological polar surface area (TPSA) is 71.2 Å². The van der Waals surface area contributed by atoms with Crippen LogP contribution in [-0.2, 0) is 4.74 Å². The first-order valence-corrected chi connectivity index (χ1v) is 7.87. The Hall–Kier alpha value is -2.40. The van der Waals surface area contributed by atoms with Gasteiger partial charge in [-0.3, -0.25) is 9.59 Å². The predicted molar refractivity (Wildman–Crippen MR) is 87.3 cm³/mol. The number of H-pyrrole nitrogens is 1. The van der Waals surface area contributed by atoms with E-state index in [0.29, 0.717) is 12.1 Å². The number of aromatic nitrogens is 1. The van der Waals surface area contributed by atoms with Gasteiger partial charge < -0.3 is 15.0 Å². The number of carbonyl (C=O) groups excluding carboxylic acids is 1. The molecule has 0 aliphatic carbocycles. The van der Waals surface area contributed by atoms with Crippen molar-refractivity contribution >= 4 is 5.91 Å². The zero-order chi connectivity index (χ0) is 16.1. The van der Waals surface area contributed by atoms with Crippen molar-refractivity contribution in [2.24, 2.45) is 5.92 Å². The van der Waals surface area contributed by atoms with E-state index in [1.54, 1.807) is 0 Å². The molecule has 1 saturated heterocycles. The molecular weight excluding hydrogens is 292 g/mol. The lowest BCUT2D eigenvalue weighted by molar-refractivity contribution is -0.0272. The van der Waals surface area contributed by atoms with Gasteiger partial charge in [-0.05, 0) is 24.5 Å². The number of rotatable bonds is 4. The van der Waals surface area contributed by atoms with Crippen molar-refractivity contribution in [2.75, 3.05) is 13.2 Å². The molecule has 2 atom stereocenters. The third kappa shape index (κ3) is 3.87. The van der Waals surface area contributed by atoms with Crippen LogP contribution in [0.15, 0.2) is 53.5 Å². The Morgan fingerprint density at radius 2 is 2.04 bits per heavy atom. The Morgan fingerprint density at radius 1 is 1.22 bits per heavy atom. The summed E-state index contributed by atoms with van der Waals surface area (Å²) in [7, 11) is 0. The van der Waals surface area contributed by atoms with Crippen molar-refractivity contribution in [3.8, 4) is 0 Å².